The summed E-state index contributed by atoms with van der Waals surface area (Å²) < 4.78 is 33.0. The molecular formula is C16H40N2O6Si2. The standard InChI is InChI=1S/C16H40N2O6Si2/c1-17-11-8-12-18(13-9-15-25(19-2,20-3)21-4)14-10-16-26(22-5,23-6)24-7/h17H,8-16H2,1-7H3. The van der Waals surface area contributed by atoms with Crippen LogP contribution in [0.25, 0.3) is 0 Å². The van der Waals surface area contributed by atoms with Crippen molar-refractivity contribution < 1.29 is 26.6 Å². The zero-order chi connectivity index (χ0) is 19.9. The Hall–Kier alpha value is 0.114. The molecule has 0 saturated heterocycles. The van der Waals surface area contributed by atoms with Crippen molar-refractivity contribution >= 4 is 17.6 Å². The maximum absolute atomic E-state index is 5.51. The Kier molecular flexibility index (Phi) is 15.2. The lowest BCUT2D eigenvalue weighted by atomic mass is 10.3. The van der Waals surface area contributed by atoms with Crippen LogP contribution in [0.2, 0.25) is 12.1 Å². The Morgan fingerprint density at radius 3 is 1.27 bits per heavy atom. The molecule has 0 aliphatic heterocycles. The molecule has 0 aliphatic carbocycles. The van der Waals surface area contributed by atoms with Crippen LogP contribution < -0.4 is 5.32 Å². The molecular weight excluding hydrogens is 372 g/mol. The van der Waals surface area contributed by atoms with Gasteiger partial charge in [0.15, 0.2) is 0 Å². The number of hydrogen-bond acceptors (Lipinski definition) is 8. The molecule has 8 nitrogen and oxygen atoms in total. The van der Waals surface area contributed by atoms with E-state index in [-0.39, 0.29) is 0 Å². The van der Waals surface area contributed by atoms with E-state index >= 15 is 0 Å². The van der Waals surface area contributed by atoms with Gasteiger partial charge in [0.25, 0.3) is 0 Å². The van der Waals surface area contributed by atoms with Crippen LogP contribution in [0.4, 0.5) is 0 Å². The zero-order valence-electron chi connectivity index (χ0n) is 17.8. The normalized spacial score (nSPS) is 12.9. The van der Waals surface area contributed by atoms with Crippen LogP contribution in [-0.2, 0) is 26.6 Å². The van der Waals surface area contributed by atoms with Crippen molar-refractivity contribution in [1.29, 1.82) is 0 Å². The van der Waals surface area contributed by atoms with Gasteiger partial charge in [-0.25, -0.2) is 0 Å². The molecule has 0 unspecified atom stereocenters. The highest BCUT2D eigenvalue weighted by Gasteiger charge is 2.38. The maximum Gasteiger partial charge on any atom is 0.500 e. The van der Waals surface area contributed by atoms with Gasteiger partial charge < -0.3 is 36.8 Å². The predicted molar refractivity (Wildman–Crippen MR) is 107 cm³/mol. The van der Waals surface area contributed by atoms with Gasteiger partial charge >= 0.3 is 17.6 Å². The Morgan fingerprint density at radius 1 is 0.615 bits per heavy atom. The maximum atomic E-state index is 5.51. The van der Waals surface area contributed by atoms with Gasteiger partial charge in [0.05, 0.1) is 0 Å². The minimum Gasteiger partial charge on any atom is -0.377 e. The molecule has 1 N–H and O–H groups in total. The highest BCUT2D eigenvalue weighted by atomic mass is 28.4. The summed E-state index contributed by atoms with van der Waals surface area (Å²) in [5, 5.41) is 3.21. The first kappa shape index (κ1) is 26.1. The van der Waals surface area contributed by atoms with E-state index in [9.17, 15) is 0 Å². The smallest absolute Gasteiger partial charge is 0.377 e. The average molecular weight is 413 g/mol. The fourth-order valence-electron chi connectivity index (χ4n) is 2.97. The molecule has 26 heavy (non-hydrogen) atoms. The van der Waals surface area contributed by atoms with Crippen molar-refractivity contribution in [2.75, 3.05) is 75.9 Å². The second-order valence-electron chi connectivity index (χ2n) is 6.10. The third kappa shape index (κ3) is 9.35. The Morgan fingerprint density at radius 2 is 0.962 bits per heavy atom. The van der Waals surface area contributed by atoms with Gasteiger partial charge in [-0.05, 0) is 52.5 Å². The second kappa shape index (κ2) is 15.1. The van der Waals surface area contributed by atoms with Crippen LogP contribution >= 0.6 is 0 Å². The number of nitrogens with zero attached hydrogens (tertiary/aromatic N) is 1. The molecule has 0 atom stereocenters. The molecule has 158 valence electrons. The van der Waals surface area contributed by atoms with Crippen molar-refractivity contribution in [3.8, 4) is 0 Å². The third-order valence-corrected chi connectivity index (χ3v) is 10.3. The van der Waals surface area contributed by atoms with Crippen molar-refractivity contribution in [3.05, 3.63) is 0 Å². The van der Waals surface area contributed by atoms with E-state index in [0.717, 1.165) is 57.5 Å². The molecule has 0 aromatic rings. The summed E-state index contributed by atoms with van der Waals surface area (Å²) in [6.45, 7) is 4.02. The first-order valence-corrected chi connectivity index (χ1v) is 13.0. The monoisotopic (exact) mass is 412 g/mol. The Bertz CT molecular complexity index is 291. The number of rotatable bonds is 18. The van der Waals surface area contributed by atoms with E-state index in [4.69, 9.17) is 26.6 Å². The summed E-state index contributed by atoms with van der Waals surface area (Å²) in [5.41, 5.74) is 0. The van der Waals surface area contributed by atoms with Gasteiger partial charge in [-0.15, -0.1) is 0 Å². The average Bonchev–Trinajstić information content (AvgIpc) is 2.69. The lowest BCUT2D eigenvalue weighted by Crippen LogP contribution is -2.44. The quantitative estimate of drug-likeness (QED) is 0.268. The van der Waals surface area contributed by atoms with E-state index in [1.807, 2.05) is 7.05 Å². The third-order valence-electron chi connectivity index (χ3n) is 4.68. The van der Waals surface area contributed by atoms with Gasteiger partial charge in [0.1, 0.15) is 0 Å². The van der Waals surface area contributed by atoms with E-state index in [1.165, 1.54) is 0 Å². The highest BCUT2D eigenvalue weighted by molar-refractivity contribution is 6.60. The van der Waals surface area contributed by atoms with Crippen LogP contribution in [0.15, 0.2) is 0 Å². The van der Waals surface area contributed by atoms with Gasteiger partial charge in [0.2, 0.25) is 0 Å². The minimum atomic E-state index is -2.49. The first-order valence-electron chi connectivity index (χ1n) is 9.18. The molecule has 0 amide bonds. The lowest BCUT2D eigenvalue weighted by Gasteiger charge is -2.28. The SMILES string of the molecule is CNCCCN(CCC[Si](OC)(OC)OC)CCC[Si](OC)(OC)OC. The highest BCUT2D eigenvalue weighted by Crippen LogP contribution is 2.17. The molecule has 0 spiro atoms. The first-order chi connectivity index (χ1) is 12.5. The van der Waals surface area contributed by atoms with E-state index in [2.05, 4.69) is 10.2 Å². The molecule has 0 heterocycles. The summed E-state index contributed by atoms with van der Waals surface area (Å²) in [6.07, 6.45) is 3.06. The van der Waals surface area contributed by atoms with Gasteiger partial charge in [-0.2, -0.15) is 0 Å². The number of nitrogens with one attached hydrogen (secondary N) is 1. The molecule has 0 aliphatic rings. The van der Waals surface area contributed by atoms with Crippen LogP contribution in [0, 0.1) is 0 Å². The molecule has 0 fully saturated rings. The molecule has 0 saturated carbocycles. The van der Waals surface area contributed by atoms with Crippen molar-refractivity contribution in [2.45, 2.75) is 31.4 Å². The second-order valence-corrected chi connectivity index (χ2v) is 12.3. The van der Waals surface area contributed by atoms with Crippen LogP contribution in [-0.4, -0.2) is 98.4 Å². The number of hydrogen-bond donors (Lipinski definition) is 1. The largest absolute Gasteiger partial charge is 0.500 e. The molecule has 0 aromatic heterocycles. The summed E-state index contributed by atoms with van der Waals surface area (Å²) >= 11 is 0. The fraction of sp³-hybridized carbons (Fsp3) is 1.00. The summed E-state index contributed by atoms with van der Waals surface area (Å²) in [6, 6.07) is 1.62. The summed E-state index contributed by atoms with van der Waals surface area (Å²) in [4.78, 5) is 2.47. The van der Waals surface area contributed by atoms with Crippen molar-refractivity contribution in [1.82, 2.24) is 10.2 Å². The fourth-order valence-corrected chi connectivity index (χ4v) is 6.37. The van der Waals surface area contributed by atoms with E-state index in [1.54, 1.807) is 42.7 Å². The van der Waals surface area contributed by atoms with Crippen molar-refractivity contribution in [2.24, 2.45) is 0 Å². The van der Waals surface area contributed by atoms with Crippen molar-refractivity contribution in [3.63, 3.8) is 0 Å². The molecule has 10 heteroatoms. The zero-order valence-corrected chi connectivity index (χ0v) is 19.8. The van der Waals surface area contributed by atoms with Gasteiger partial charge in [-0.1, -0.05) is 0 Å². The molecule has 0 radical (unpaired) electrons. The molecule has 0 bridgehead atoms. The molecule has 0 rings (SSSR count). The summed E-state index contributed by atoms with van der Waals surface area (Å²) in [5.74, 6) is 0. The van der Waals surface area contributed by atoms with E-state index < -0.39 is 17.6 Å². The van der Waals surface area contributed by atoms with Gasteiger partial charge in [0, 0.05) is 54.7 Å². The lowest BCUT2D eigenvalue weighted by molar-refractivity contribution is 0.119. The van der Waals surface area contributed by atoms with Crippen LogP contribution in [0.3, 0.4) is 0 Å². The Balaban J connectivity index is 4.51. The van der Waals surface area contributed by atoms with E-state index in [0.29, 0.717) is 0 Å². The van der Waals surface area contributed by atoms with Gasteiger partial charge in [-0.3, -0.25) is 0 Å². The topological polar surface area (TPSA) is 70.7 Å². The molecule has 0 aromatic carbocycles. The van der Waals surface area contributed by atoms with Crippen LogP contribution in [0.1, 0.15) is 19.3 Å². The van der Waals surface area contributed by atoms with Crippen LogP contribution in [0.5, 0.6) is 0 Å². The predicted octanol–water partition coefficient (Wildman–Crippen LogP) is 1.43. The summed E-state index contributed by atoms with van der Waals surface area (Å²) in [7, 11) is 6.96. The Labute approximate surface area is 162 Å². The minimum absolute atomic E-state index is 0.811.